The molecule has 0 saturated heterocycles. The standard InChI is InChI=1S/C24H20N4O/c1-28-22-12-11-20(24(29)26-16-19-5-3-2-4-6-19)14-21(22)27-23(28)13-17-7-9-18(15-25)10-8-17/h2-12,14H,13,16H2,1H3,(H,26,29). The maximum atomic E-state index is 12.5. The van der Waals surface area contributed by atoms with Crippen LogP contribution in [0.3, 0.4) is 0 Å². The number of fused-ring (bicyclic) bond motifs is 1. The van der Waals surface area contributed by atoms with Crippen LogP contribution in [0.25, 0.3) is 11.0 Å². The summed E-state index contributed by atoms with van der Waals surface area (Å²) in [6.45, 7) is 0.490. The molecule has 0 aliphatic carbocycles. The van der Waals surface area contributed by atoms with Crippen molar-refractivity contribution in [3.63, 3.8) is 0 Å². The number of aromatic nitrogens is 2. The van der Waals surface area contributed by atoms with Gasteiger partial charge in [-0.15, -0.1) is 0 Å². The average molecular weight is 380 g/mol. The number of imidazole rings is 1. The number of hydrogen-bond acceptors (Lipinski definition) is 3. The number of benzene rings is 3. The SMILES string of the molecule is Cn1c(Cc2ccc(C#N)cc2)nc2cc(C(=O)NCc3ccccc3)ccc21. The van der Waals surface area contributed by atoms with Gasteiger partial charge >= 0.3 is 0 Å². The van der Waals surface area contributed by atoms with Crippen LogP contribution in [0.2, 0.25) is 0 Å². The molecule has 0 atom stereocenters. The highest BCUT2D eigenvalue weighted by Gasteiger charge is 2.12. The predicted molar refractivity (Wildman–Crippen MR) is 112 cm³/mol. The van der Waals surface area contributed by atoms with E-state index in [4.69, 9.17) is 10.2 Å². The first kappa shape index (κ1) is 18.5. The fourth-order valence-electron chi connectivity index (χ4n) is 3.31. The van der Waals surface area contributed by atoms with Crippen LogP contribution in [0.1, 0.15) is 32.9 Å². The molecule has 0 saturated carbocycles. The Bertz CT molecular complexity index is 1200. The van der Waals surface area contributed by atoms with Crippen LogP contribution in [-0.4, -0.2) is 15.5 Å². The second-order valence-electron chi connectivity index (χ2n) is 6.94. The van der Waals surface area contributed by atoms with Gasteiger partial charge in [0.25, 0.3) is 5.91 Å². The molecule has 1 N–H and O–H groups in total. The molecule has 4 aromatic rings. The van der Waals surface area contributed by atoms with Crippen molar-refractivity contribution in [3.8, 4) is 6.07 Å². The minimum atomic E-state index is -0.116. The Morgan fingerprint density at radius 1 is 1.03 bits per heavy atom. The molecule has 0 spiro atoms. The highest BCUT2D eigenvalue weighted by molar-refractivity contribution is 5.97. The lowest BCUT2D eigenvalue weighted by Gasteiger charge is -2.06. The van der Waals surface area contributed by atoms with E-state index in [1.165, 1.54) is 0 Å². The summed E-state index contributed by atoms with van der Waals surface area (Å²) >= 11 is 0. The quantitative estimate of drug-likeness (QED) is 0.570. The van der Waals surface area contributed by atoms with E-state index in [1.807, 2.05) is 84.4 Å². The predicted octanol–water partition coefficient (Wildman–Crippen LogP) is 3.97. The molecule has 5 nitrogen and oxygen atoms in total. The third-order valence-corrected chi connectivity index (χ3v) is 4.98. The van der Waals surface area contributed by atoms with E-state index in [1.54, 1.807) is 0 Å². The Balaban J connectivity index is 1.53. The van der Waals surface area contributed by atoms with Gasteiger partial charge in [-0.05, 0) is 41.5 Å². The number of carbonyl (C=O) groups excluding carboxylic acids is 1. The molecule has 0 bridgehead atoms. The van der Waals surface area contributed by atoms with Gasteiger partial charge in [-0.25, -0.2) is 4.98 Å². The molecular formula is C24H20N4O. The lowest BCUT2D eigenvalue weighted by atomic mass is 10.1. The van der Waals surface area contributed by atoms with Crippen molar-refractivity contribution in [1.82, 2.24) is 14.9 Å². The normalized spacial score (nSPS) is 10.6. The van der Waals surface area contributed by atoms with Crippen molar-refractivity contribution in [2.24, 2.45) is 7.05 Å². The first-order valence-corrected chi connectivity index (χ1v) is 9.40. The second kappa shape index (κ2) is 7.99. The third kappa shape index (κ3) is 4.02. The molecule has 0 aliphatic rings. The van der Waals surface area contributed by atoms with E-state index in [0.29, 0.717) is 24.1 Å². The molecule has 0 unspecified atom stereocenters. The molecule has 29 heavy (non-hydrogen) atoms. The van der Waals surface area contributed by atoms with Crippen LogP contribution in [0.5, 0.6) is 0 Å². The molecule has 1 heterocycles. The van der Waals surface area contributed by atoms with Crippen LogP contribution in [-0.2, 0) is 20.0 Å². The minimum Gasteiger partial charge on any atom is -0.348 e. The van der Waals surface area contributed by atoms with Gasteiger partial charge in [0.15, 0.2) is 0 Å². The number of hydrogen-bond donors (Lipinski definition) is 1. The monoisotopic (exact) mass is 380 g/mol. The maximum Gasteiger partial charge on any atom is 0.251 e. The van der Waals surface area contributed by atoms with Crippen LogP contribution in [0.4, 0.5) is 0 Å². The molecule has 0 fully saturated rings. The smallest absolute Gasteiger partial charge is 0.251 e. The summed E-state index contributed by atoms with van der Waals surface area (Å²) in [6, 6.07) is 25.1. The third-order valence-electron chi connectivity index (χ3n) is 4.98. The Hall–Kier alpha value is -3.91. The summed E-state index contributed by atoms with van der Waals surface area (Å²) < 4.78 is 2.04. The number of rotatable bonds is 5. The van der Waals surface area contributed by atoms with Crippen LogP contribution >= 0.6 is 0 Å². The summed E-state index contributed by atoms with van der Waals surface area (Å²) in [6.07, 6.45) is 0.659. The van der Waals surface area contributed by atoms with E-state index in [2.05, 4.69) is 11.4 Å². The van der Waals surface area contributed by atoms with Crippen molar-refractivity contribution in [2.45, 2.75) is 13.0 Å². The second-order valence-corrected chi connectivity index (χ2v) is 6.94. The minimum absolute atomic E-state index is 0.116. The Morgan fingerprint density at radius 2 is 1.79 bits per heavy atom. The van der Waals surface area contributed by atoms with Crippen molar-refractivity contribution >= 4 is 16.9 Å². The van der Waals surface area contributed by atoms with E-state index in [0.717, 1.165) is 28.0 Å². The summed E-state index contributed by atoms with van der Waals surface area (Å²) in [5, 5.41) is 11.9. The van der Waals surface area contributed by atoms with E-state index in [9.17, 15) is 4.79 Å². The fourth-order valence-corrected chi connectivity index (χ4v) is 3.31. The topological polar surface area (TPSA) is 70.7 Å². The molecule has 1 aromatic heterocycles. The van der Waals surface area contributed by atoms with E-state index < -0.39 is 0 Å². The van der Waals surface area contributed by atoms with Gasteiger partial charge in [-0.1, -0.05) is 42.5 Å². The van der Waals surface area contributed by atoms with Crippen LogP contribution in [0, 0.1) is 11.3 Å². The number of nitrogens with zero attached hydrogens (tertiary/aromatic N) is 3. The van der Waals surface area contributed by atoms with E-state index in [-0.39, 0.29) is 5.91 Å². The van der Waals surface area contributed by atoms with Gasteiger partial charge in [-0.2, -0.15) is 5.26 Å². The van der Waals surface area contributed by atoms with Crippen LogP contribution in [0.15, 0.2) is 72.8 Å². The first-order valence-electron chi connectivity index (χ1n) is 9.40. The first-order chi connectivity index (χ1) is 14.1. The summed E-state index contributed by atoms with van der Waals surface area (Å²) in [7, 11) is 1.98. The summed E-state index contributed by atoms with van der Waals surface area (Å²) in [5.74, 6) is 0.793. The number of aryl methyl sites for hydroxylation is 1. The zero-order valence-corrected chi connectivity index (χ0v) is 16.1. The zero-order valence-electron chi connectivity index (χ0n) is 16.1. The molecule has 0 radical (unpaired) electrons. The summed E-state index contributed by atoms with van der Waals surface area (Å²) in [4.78, 5) is 17.3. The van der Waals surface area contributed by atoms with Gasteiger partial charge in [0.2, 0.25) is 0 Å². The van der Waals surface area contributed by atoms with Crippen molar-refractivity contribution < 1.29 is 4.79 Å². The Morgan fingerprint density at radius 3 is 2.52 bits per heavy atom. The summed E-state index contributed by atoms with van der Waals surface area (Å²) in [5.41, 5.74) is 5.16. The maximum absolute atomic E-state index is 12.5. The van der Waals surface area contributed by atoms with Gasteiger partial charge in [-0.3, -0.25) is 4.79 Å². The van der Waals surface area contributed by atoms with E-state index >= 15 is 0 Å². The molecule has 0 aliphatic heterocycles. The highest BCUT2D eigenvalue weighted by Crippen LogP contribution is 2.19. The van der Waals surface area contributed by atoms with Gasteiger partial charge in [0.1, 0.15) is 5.82 Å². The van der Waals surface area contributed by atoms with Crippen molar-refractivity contribution in [3.05, 3.63) is 101 Å². The van der Waals surface area contributed by atoms with Gasteiger partial charge < -0.3 is 9.88 Å². The number of carbonyl (C=O) groups is 1. The van der Waals surface area contributed by atoms with Crippen LogP contribution < -0.4 is 5.32 Å². The highest BCUT2D eigenvalue weighted by atomic mass is 16.1. The van der Waals surface area contributed by atoms with Gasteiger partial charge in [0, 0.05) is 25.6 Å². The van der Waals surface area contributed by atoms with Gasteiger partial charge in [0.05, 0.1) is 22.7 Å². The molecule has 4 rings (SSSR count). The zero-order chi connectivity index (χ0) is 20.2. The number of amides is 1. The lowest BCUT2D eigenvalue weighted by Crippen LogP contribution is -2.22. The Kier molecular flexibility index (Phi) is 5.08. The molecular weight excluding hydrogens is 360 g/mol. The average Bonchev–Trinajstić information content (AvgIpc) is 3.08. The Labute approximate surface area is 169 Å². The number of nitriles is 1. The molecule has 5 heteroatoms. The molecule has 142 valence electrons. The van der Waals surface area contributed by atoms with Crippen molar-refractivity contribution in [1.29, 1.82) is 5.26 Å². The molecule has 3 aromatic carbocycles. The largest absolute Gasteiger partial charge is 0.348 e. The number of nitrogens with one attached hydrogen (secondary N) is 1. The fraction of sp³-hybridized carbons (Fsp3) is 0.125. The van der Waals surface area contributed by atoms with Crippen molar-refractivity contribution in [2.75, 3.05) is 0 Å². The molecule has 1 amide bonds. The lowest BCUT2D eigenvalue weighted by molar-refractivity contribution is 0.0951.